The average molecular weight is 257 g/mol. The van der Waals surface area contributed by atoms with Crippen LogP contribution in [0.4, 0.5) is 5.69 Å². The molecule has 2 saturated heterocycles. The van der Waals surface area contributed by atoms with Crippen molar-refractivity contribution in [2.75, 3.05) is 18.6 Å². The van der Waals surface area contributed by atoms with Gasteiger partial charge in [0.05, 0.1) is 17.6 Å². The number of carbonyl (C=O) groups excluding carboxylic acids is 1. The minimum atomic E-state index is 0.161. The van der Waals surface area contributed by atoms with Gasteiger partial charge in [-0.25, -0.2) is 0 Å². The normalized spacial score (nSPS) is 33.4. The van der Waals surface area contributed by atoms with E-state index >= 15 is 0 Å². The van der Waals surface area contributed by atoms with Crippen LogP contribution in [0.25, 0.3) is 0 Å². The summed E-state index contributed by atoms with van der Waals surface area (Å²) in [6.45, 7) is 1.11. The van der Waals surface area contributed by atoms with Crippen molar-refractivity contribution in [3.05, 3.63) is 29.8 Å². The van der Waals surface area contributed by atoms with Crippen molar-refractivity contribution in [2.24, 2.45) is 5.92 Å². The van der Waals surface area contributed by atoms with Gasteiger partial charge in [0.15, 0.2) is 0 Å². The van der Waals surface area contributed by atoms with Crippen molar-refractivity contribution in [3.8, 4) is 0 Å². The number of rotatable bonds is 0. The second-order valence-corrected chi connectivity index (χ2v) is 5.97. The van der Waals surface area contributed by atoms with Crippen LogP contribution in [0.1, 0.15) is 18.4 Å². The highest BCUT2D eigenvalue weighted by Crippen LogP contribution is 2.39. The molecule has 3 atom stereocenters. The maximum absolute atomic E-state index is 12.3. The van der Waals surface area contributed by atoms with Gasteiger partial charge in [-0.1, -0.05) is 18.2 Å². The van der Waals surface area contributed by atoms with Gasteiger partial charge < -0.3 is 4.90 Å². The van der Waals surface area contributed by atoms with Crippen LogP contribution in [0.15, 0.2) is 24.3 Å². The molecule has 3 unspecified atom stereocenters. The second kappa shape index (κ2) is 3.97. The molecule has 1 N–H and O–H groups in total. The zero-order valence-electron chi connectivity index (χ0n) is 11.2. The van der Waals surface area contributed by atoms with E-state index in [0.717, 1.165) is 25.8 Å². The molecule has 1 aromatic carbocycles. The van der Waals surface area contributed by atoms with Crippen LogP contribution in [-0.2, 0) is 11.2 Å². The van der Waals surface area contributed by atoms with Gasteiger partial charge in [0.25, 0.3) is 0 Å². The fraction of sp³-hybridized carbons (Fsp3) is 0.533. The topological polar surface area (TPSA) is 35.6 Å². The van der Waals surface area contributed by atoms with Gasteiger partial charge in [-0.3, -0.25) is 15.2 Å². The zero-order valence-corrected chi connectivity index (χ0v) is 11.2. The molecular formula is C15H19N3O. The molecule has 0 aliphatic carbocycles. The van der Waals surface area contributed by atoms with Crippen molar-refractivity contribution in [1.82, 2.24) is 10.3 Å². The van der Waals surface area contributed by atoms with E-state index in [4.69, 9.17) is 0 Å². The van der Waals surface area contributed by atoms with Gasteiger partial charge in [-0.05, 0) is 44.5 Å². The first-order valence-electron chi connectivity index (χ1n) is 7.13. The monoisotopic (exact) mass is 257 g/mol. The third-order valence-corrected chi connectivity index (χ3v) is 4.92. The predicted molar refractivity (Wildman–Crippen MR) is 73.7 cm³/mol. The molecular weight excluding hydrogens is 238 g/mol. The van der Waals surface area contributed by atoms with Crippen molar-refractivity contribution in [1.29, 1.82) is 0 Å². The number of amides is 1. The molecule has 3 heterocycles. The number of para-hydroxylation sites is 1. The fourth-order valence-corrected chi connectivity index (χ4v) is 4.07. The molecule has 4 rings (SSSR count). The van der Waals surface area contributed by atoms with E-state index in [1.54, 1.807) is 0 Å². The van der Waals surface area contributed by atoms with E-state index in [1.807, 2.05) is 6.07 Å². The minimum Gasteiger partial charge on any atom is -0.300 e. The van der Waals surface area contributed by atoms with Crippen LogP contribution >= 0.6 is 0 Å². The number of carbonyl (C=O) groups is 1. The number of hydrogen-bond donors (Lipinski definition) is 1. The quantitative estimate of drug-likeness (QED) is 0.758. The lowest BCUT2D eigenvalue weighted by atomic mass is 9.82. The van der Waals surface area contributed by atoms with E-state index < -0.39 is 0 Å². The number of likely N-dealkylation sites (N-methyl/N-ethyl adjacent to an activating group) is 1. The Labute approximate surface area is 113 Å². The molecule has 100 valence electrons. The third-order valence-electron chi connectivity index (χ3n) is 4.92. The Morgan fingerprint density at radius 1 is 1.32 bits per heavy atom. The molecule has 0 aromatic heterocycles. The van der Waals surface area contributed by atoms with E-state index in [1.165, 1.54) is 11.3 Å². The van der Waals surface area contributed by atoms with Gasteiger partial charge in [-0.2, -0.15) is 0 Å². The third kappa shape index (κ3) is 1.53. The summed E-state index contributed by atoms with van der Waals surface area (Å²) in [6, 6.07) is 9.17. The Hall–Kier alpha value is -1.55. The zero-order chi connectivity index (χ0) is 13.0. The van der Waals surface area contributed by atoms with Crippen molar-refractivity contribution >= 4 is 11.6 Å². The number of anilines is 1. The smallest absolute Gasteiger partial charge is 0.243 e. The summed E-state index contributed by atoms with van der Waals surface area (Å²) in [5.41, 5.74) is 5.66. The van der Waals surface area contributed by atoms with Crippen LogP contribution < -0.4 is 10.4 Å². The first-order valence-corrected chi connectivity index (χ1v) is 7.13. The summed E-state index contributed by atoms with van der Waals surface area (Å²) >= 11 is 0. The SMILES string of the molecule is CN1CCCC2C(=O)NN3c4ccccc4CC3C21. The molecule has 0 spiro atoms. The highest BCUT2D eigenvalue weighted by molar-refractivity contribution is 5.84. The molecule has 19 heavy (non-hydrogen) atoms. The van der Waals surface area contributed by atoms with Crippen molar-refractivity contribution in [3.63, 3.8) is 0 Å². The van der Waals surface area contributed by atoms with Gasteiger partial charge >= 0.3 is 0 Å². The maximum atomic E-state index is 12.3. The molecule has 1 aromatic rings. The summed E-state index contributed by atoms with van der Waals surface area (Å²) < 4.78 is 0. The van der Waals surface area contributed by atoms with E-state index in [2.05, 4.69) is 40.6 Å². The summed E-state index contributed by atoms with van der Waals surface area (Å²) in [7, 11) is 2.16. The fourth-order valence-electron chi connectivity index (χ4n) is 4.07. The number of fused-ring (bicyclic) bond motifs is 5. The lowest BCUT2D eigenvalue weighted by Gasteiger charge is -2.49. The highest BCUT2D eigenvalue weighted by atomic mass is 16.2. The van der Waals surface area contributed by atoms with Crippen LogP contribution in [0.3, 0.4) is 0 Å². The van der Waals surface area contributed by atoms with Crippen molar-refractivity contribution < 1.29 is 4.79 Å². The standard InChI is InChI=1S/C15H19N3O/c1-17-8-4-6-11-14(17)13-9-10-5-2-3-7-12(10)18(13)16-15(11)19/h2-3,5,7,11,13-14H,4,6,8-9H2,1H3,(H,16,19). The molecule has 0 radical (unpaired) electrons. The highest BCUT2D eigenvalue weighted by Gasteiger charge is 2.49. The van der Waals surface area contributed by atoms with E-state index in [9.17, 15) is 4.79 Å². The van der Waals surface area contributed by atoms with Gasteiger partial charge in [0, 0.05) is 6.04 Å². The van der Waals surface area contributed by atoms with Crippen LogP contribution in [0.2, 0.25) is 0 Å². The first-order chi connectivity index (χ1) is 9.25. The number of likely N-dealkylation sites (tertiary alicyclic amines) is 1. The predicted octanol–water partition coefficient (Wildman–Crippen LogP) is 1.17. The number of benzene rings is 1. The summed E-state index contributed by atoms with van der Waals surface area (Å²) in [5, 5.41) is 2.11. The molecule has 3 aliphatic rings. The Morgan fingerprint density at radius 2 is 2.16 bits per heavy atom. The second-order valence-electron chi connectivity index (χ2n) is 5.97. The Bertz CT molecular complexity index is 530. The Morgan fingerprint density at radius 3 is 3.05 bits per heavy atom. The number of hydrogen-bond acceptors (Lipinski definition) is 3. The van der Waals surface area contributed by atoms with Gasteiger partial charge in [0.2, 0.25) is 5.91 Å². The molecule has 0 bridgehead atoms. The number of nitrogens with one attached hydrogen (secondary N) is 1. The summed E-state index contributed by atoms with van der Waals surface area (Å²) in [4.78, 5) is 14.7. The van der Waals surface area contributed by atoms with E-state index in [-0.39, 0.29) is 11.8 Å². The minimum absolute atomic E-state index is 0.161. The number of piperidine rings is 1. The lowest BCUT2D eigenvalue weighted by molar-refractivity contribution is -0.132. The van der Waals surface area contributed by atoms with Gasteiger partial charge in [-0.15, -0.1) is 0 Å². The van der Waals surface area contributed by atoms with E-state index in [0.29, 0.717) is 12.1 Å². The summed E-state index contributed by atoms with van der Waals surface area (Å²) in [5.74, 6) is 0.360. The number of nitrogens with zero attached hydrogens (tertiary/aromatic N) is 2. The first kappa shape index (κ1) is 11.3. The molecule has 0 saturated carbocycles. The van der Waals surface area contributed by atoms with Gasteiger partial charge in [0.1, 0.15) is 0 Å². The molecule has 4 nitrogen and oxygen atoms in total. The van der Waals surface area contributed by atoms with Crippen LogP contribution in [-0.4, -0.2) is 36.5 Å². The maximum Gasteiger partial charge on any atom is 0.243 e. The molecule has 3 aliphatic heterocycles. The summed E-state index contributed by atoms with van der Waals surface area (Å²) in [6.07, 6.45) is 3.20. The Kier molecular flexibility index (Phi) is 2.36. The molecule has 4 heteroatoms. The largest absolute Gasteiger partial charge is 0.300 e. The van der Waals surface area contributed by atoms with Crippen molar-refractivity contribution in [2.45, 2.75) is 31.3 Å². The average Bonchev–Trinajstić information content (AvgIpc) is 2.78. The number of hydrazine groups is 1. The van der Waals surface area contributed by atoms with Crippen LogP contribution in [0.5, 0.6) is 0 Å². The van der Waals surface area contributed by atoms with Crippen LogP contribution in [0, 0.1) is 5.92 Å². The Balaban J connectivity index is 1.75. The molecule has 2 fully saturated rings. The molecule has 1 amide bonds. The lowest BCUT2D eigenvalue weighted by Crippen LogP contribution is -2.67.